The third kappa shape index (κ3) is 3.96. The minimum Gasteiger partial charge on any atom is -0.495 e. The van der Waals surface area contributed by atoms with Gasteiger partial charge in [0.1, 0.15) is 22.3 Å². The molecule has 3 heterocycles. The molecular formula is C21H27N7O3S. The molecule has 0 amide bonds. The Balaban J connectivity index is 1.77. The number of aromatic nitrogens is 4. The fourth-order valence-corrected chi connectivity index (χ4v) is 4.88. The fraction of sp³-hybridized carbons (Fsp3) is 0.333. The lowest BCUT2D eigenvalue weighted by Gasteiger charge is -2.28. The molecule has 10 nitrogen and oxygen atoms in total. The minimum absolute atomic E-state index is 0.123. The van der Waals surface area contributed by atoms with Gasteiger partial charge in [-0.05, 0) is 32.0 Å². The summed E-state index contributed by atoms with van der Waals surface area (Å²) in [4.78, 5) is 6.71. The molecule has 32 heavy (non-hydrogen) atoms. The summed E-state index contributed by atoms with van der Waals surface area (Å²) in [5.74, 6) is 2.56. The van der Waals surface area contributed by atoms with Crippen molar-refractivity contribution < 1.29 is 13.2 Å². The number of imidazole rings is 1. The first-order chi connectivity index (χ1) is 15.2. The second-order valence-electron chi connectivity index (χ2n) is 7.63. The van der Waals surface area contributed by atoms with E-state index in [1.54, 1.807) is 26.1 Å². The van der Waals surface area contributed by atoms with Crippen LogP contribution >= 0.6 is 0 Å². The van der Waals surface area contributed by atoms with Gasteiger partial charge in [0.15, 0.2) is 5.82 Å². The van der Waals surface area contributed by atoms with Crippen molar-refractivity contribution in [1.29, 1.82) is 0 Å². The number of fused-ring (bicyclic) bond motifs is 1. The van der Waals surface area contributed by atoms with Crippen LogP contribution in [0.25, 0.3) is 5.82 Å². The van der Waals surface area contributed by atoms with Crippen LogP contribution in [0.4, 0.5) is 11.5 Å². The van der Waals surface area contributed by atoms with Crippen LogP contribution in [0.15, 0.2) is 41.6 Å². The zero-order valence-corrected chi connectivity index (χ0v) is 19.6. The number of hydrogen-bond donors (Lipinski definition) is 2. The zero-order chi connectivity index (χ0) is 23.0. The maximum absolute atomic E-state index is 13.1. The van der Waals surface area contributed by atoms with Gasteiger partial charge in [-0.2, -0.15) is 5.10 Å². The van der Waals surface area contributed by atoms with Crippen molar-refractivity contribution >= 4 is 27.3 Å². The third-order valence-corrected chi connectivity index (χ3v) is 7.28. The maximum Gasteiger partial charge on any atom is 0.246 e. The summed E-state index contributed by atoms with van der Waals surface area (Å²) in [5.41, 5.74) is 2.53. The van der Waals surface area contributed by atoms with E-state index in [0.29, 0.717) is 30.3 Å². The van der Waals surface area contributed by atoms with Crippen LogP contribution in [0.3, 0.4) is 0 Å². The summed E-state index contributed by atoms with van der Waals surface area (Å²) in [7, 11) is -0.680. The van der Waals surface area contributed by atoms with Crippen LogP contribution in [0, 0.1) is 13.8 Å². The Morgan fingerprint density at radius 3 is 2.72 bits per heavy atom. The van der Waals surface area contributed by atoms with Gasteiger partial charge in [0, 0.05) is 43.4 Å². The van der Waals surface area contributed by atoms with Gasteiger partial charge < -0.3 is 15.0 Å². The molecule has 0 atom stereocenters. The van der Waals surface area contributed by atoms with Crippen LogP contribution in [0.2, 0.25) is 0 Å². The van der Waals surface area contributed by atoms with E-state index in [1.807, 2.05) is 47.8 Å². The SMILES string of the molecule is CCN(C)S(=O)(=O)c1cc(N2C=C(Nc3cc(C)[nH]n3)n3cc(C)nc3C2)ccc1OC. The molecule has 1 aliphatic rings. The molecule has 0 fully saturated rings. The normalized spacial score (nSPS) is 13.8. The number of aromatic amines is 1. The Labute approximate surface area is 187 Å². The van der Waals surface area contributed by atoms with Crippen LogP contribution in [-0.2, 0) is 16.6 Å². The van der Waals surface area contributed by atoms with Crippen LogP contribution in [-0.4, -0.2) is 53.2 Å². The smallest absolute Gasteiger partial charge is 0.246 e. The molecule has 3 aromatic rings. The lowest BCUT2D eigenvalue weighted by Crippen LogP contribution is -2.29. The Bertz CT molecular complexity index is 1280. The Kier molecular flexibility index (Phi) is 5.70. The largest absolute Gasteiger partial charge is 0.495 e. The predicted molar refractivity (Wildman–Crippen MR) is 123 cm³/mol. The van der Waals surface area contributed by atoms with Gasteiger partial charge in [0.05, 0.1) is 19.3 Å². The first kappa shape index (κ1) is 21.9. The molecule has 1 aliphatic heterocycles. The summed E-state index contributed by atoms with van der Waals surface area (Å²) in [6.07, 6.45) is 3.87. The van der Waals surface area contributed by atoms with Gasteiger partial charge in [-0.1, -0.05) is 6.92 Å². The topological polar surface area (TPSA) is 108 Å². The second kappa shape index (κ2) is 8.32. The number of methoxy groups -OCH3 is 1. The standard InChI is InChI=1S/C21H27N7O3S/c1-6-26(4)32(29,30)18-10-16(7-8-17(18)31-5)27-12-20-22-15(3)11-28(20)21(13-27)23-19-9-14(2)24-25-19/h7-11,13H,6,12H2,1-5H3,(H2,23,24,25). The van der Waals surface area contributed by atoms with Crippen molar-refractivity contribution in [2.45, 2.75) is 32.2 Å². The molecule has 1 aromatic carbocycles. The van der Waals surface area contributed by atoms with Crippen molar-refractivity contribution in [1.82, 2.24) is 24.1 Å². The number of nitrogens with one attached hydrogen (secondary N) is 2. The van der Waals surface area contributed by atoms with Gasteiger partial charge in [-0.3, -0.25) is 9.67 Å². The van der Waals surface area contributed by atoms with Crippen molar-refractivity contribution in [2.24, 2.45) is 0 Å². The van der Waals surface area contributed by atoms with E-state index in [9.17, 15) is 8.42 Å². The third-order valence-electron chi connectivity index (χ3n) is 5.32. The summed E-state index contributed by atoms with van der Waals surface area (Å²) in [5, 5.41) is 10.5. The Morgan fingerprint density at radius 1 is 1.28 bits per heavy atom. The highest BCUT2D eigenvalue weighted by molar-refractivity contribution is 7.89. The molecule has 0 unspecified atom stereocenters. The molecular weight excluding hydrogens is 430 g/mol. The predicted octanol–water partition coefficient (Wildman–Crippen LogP) is 2.76. The zero-order valence-electron chi connectivity index (χ0n) is 18.7. The Morgan fingerprint density at radius 2 is 2.06 bits per heavy atom. The summed E-state index contributed by atoms with van der Waals surface area (Å²) in [6.45, 7) is 6.49. The van der Waals surface area contributed by atoms with Crippen LogP contribution < -0.4 is 15.0 Å². The van der Waals surface area contributed by atoms with Crippen molar-refractivity contribution in [3.63, 3.8) is 0 Å². The highest BCUT2D eigenvalue weighted by atomic mass is 32.2. The van der Waals surface area contributed by atoms with E-state index in [2.05, 4.69) is 20.5 Å². The highest BCUT2D eigenvalue weighted by Crippen LogP contribution is 2.33. The minimum atomic E-state index is -3.70. The van der Waals surface area contributed by atoms with Crippen molar-refractivity contribution in [2.75, 3.05) is 30.9 Å². The highest BCUT2D eigenvalue weighted by Gasteiger charge is 2.27. The summed E-state index contributed by atoms with van der Waals surface area (Å²) < 4.78 is 34.7. The first-order valence-electron chi connectivity index (χ1n) is 10.2. The first-order valence-corrected chi connectivity index (χ1v) is 11.6. The van der Waals surface area contributed by atoms with Gasteiger partial charge in [0.2, 0.25) is 10.0 Å². The van der Waals surface area contributed by atoms with E-state index >= 15 is 0 Å². The number of hydrogen-bond acceptors (Lipinski definition) is 7. The van der Waals surface area contributed by atoms with Gasteiger partial charge in [-0.25, -0.2) is 17.7 Å². The molecule has 2 N–H and O–H groups in total. The number of H-pyrrole nitrogens is 1. The van der Waals surface area contributed by atoms with Gasteiger partial charge >= 0.3 is 0 Å². The van der Waals surface area contributed by atoms with E-state index in [-0.39, 0.29) is 4.90 Å². The lowest BCUT2D eigenvalue weighted by molar-refractivity contribution is 0.399. The second-order valence-corrected chi connectivity index (χ2v) is 9.64. The lowest BCUT2D eigenvalue weighted by atomic mass is 10.2. The molecule has 0 spiro atoms. The molecule has 2 aromatic heterocycles. The average molecular weight is 458 g/mol. The molecule has 0 saturated heterocycles. The van der Waals surface area contributed by atoms with Gasteiger partial charge in [0.25, 0.3) is 0 Å². The van der Waals surface area contributed by atoms with Crippen molar-refractivity contribution in [3.8, 4) is 5.75 Å². The monoisotopic (exact) mass is 457 g/mol. The number of ether oxygens (including phenoxy) is 1. The van der Waals surface area contributed by atoms with Crippen LogP contribution in [0.1, 0.15) is 24.1 Å². The van der Waals surface area contributed by atoms with Gasteiger partial charge in [-0.15, -0.1) is 0 Å². The maximum atomic E-state index is 13.1. The number of benzene rings is 1. The number of nitrogens with zero attached hydrogens (tertiary/aromatic N) is 5. The van der Waals surface area contributed by atoms with E-state index in [1.165, 1.54) is 11.4 Å². The van der Waals surface area contributed by atoms with E-state index < -0.39 is 10.0 Å². The number of aryl methyl sites for hydroxylation is 2. The molecule has 0 radical (unpaired) electrons. The molecule has 4 rings (SSSR count). The summed E-state index contributed by atoms with van der Waals surface area (Å²) >= 11 is 0. The van der Waals surface area contributed by atoms with Crippen molar-refractivity contribution in [3.05, 3.63) is 53.9 Å². The summed E-state index contributed by atoms with van der Waals surface area (Å²) in [6, 6.07) is 7.05. The Hall–Kier alpha value is -3.31. The average Bonchev–Trinajstić information content (AvgIpc) is 3.36. The van der Waals surface area contributed by atoms with Crippen LogP contribution in [0.5, 0.6) is 5.75 Å². The molecule has 0 saturated carbocycles. The molecule has 0 aliphatic carbocycles. The number of anilines is 2. The fourth-order valence-electron chi connectivity index (χ4n) is 3.53. The quantitative estimate of drug-likeness (QED) is 0.562. The molecule has 11 heteroatoms. The number of sulfonamides is 1. The van der Waals surface area contributed by atoms with E-state index in [0.717, 1.165) is 23.0 Å². The number of rotatable bonds is 7. The molecule has 170 valence electrons. The molecule has 0 bridgehead atoms. The van der Waals surface area contributed by atoms with E-state index in [4.69, 9.17) is 4.74 Å².